The molecule has 2 aromatic rings. The molecule has 16 heavy (non-hydrogen) atoms. The highest BCUT2D eigenvalue weighted by Gasteiger charge is 2.16. The van der Waals surface area contributed by atoms with Gasteiger partial charge in [0.15, 0.2) is 5.82 Å². The minimum atomic E-state index is 0.690. The minimum absolute atomic E-state index is 0.690. The molecule has 0 fully saturated rings. The summed E-state index contributed by atoms with van der Waals surface area (Å²) in [5, 5.41) is 3.66. The molecular formula is C11H12N4O. The summed E-state index contributed by atoms with van der Waals surface area (Å²) >= 11 is 0. The third-order valence-electron chi connectivity index (χ3n) is 2.83. The number of hydrogen-bond acceptors (Lipinski definition) is 5. The number of fused-ring (bicyclic) bond motifs is 1. The fourth-order valence-electron chi connectivity index (χ4n) is 1.89. The topological polar surface area (TPSA) is 55.1 Å². The van der Waals surface area contributed by atoms with Crippen molar-refractivity contribution in [3.8, 4) is 11.4 Å². The highest BCUT2D eigenvalue weighted by molar-refractivity contribution is 5.51. The van der Waals surface area contributed by atoms with Crippen LogP contribution in [0.25, 0.3) is 11.4 Å². The maximum Gasteiger partial charge on any atom is 0.164 e. The molecule has 0 N–H and O–H groups in total. The molecule has 0 radical (unpaired) electrons. The Kier molecular flexibility index (Phi) is 2.18. The second-order valence-electron chi connectivity index (χ2n) is 4.07. The molecule has 82 valence electrons. The lowest BCUT2D eigenvalue weighted by Crippen LogP contribution is -2.27. The van der Waals surface area contributed by atoms with Crippen molar-refractivity contribution in [3.05, 3.63) is 29.9 Å². The van der Waals surface area contributed by atoms with Gasteiger partial charge in [-0.3, -0.25) is 0 Å². The molecule has 1 aliphatic rings. The maximum atomic E-state index is 4.79. The Labute approximate surface area is 93.1 Å². The van der Waals surface area contributed by atoms with Gasteiger partial charge >= 0.3 is 0 Å². The van der Waals surface area contributed by atoms with Crippen LogP contribution in [0.4, 0.5) is 0 Å². The average Bonchev–Trinajstić information content (AvgIpc) is 2.81. The van der Waals surface area contributed by atoms with E-state index >= 15 is 0 Å². The Balaban J connectivity index is 2.01. The van der Waals surface area contributed by atoms with E-state index in [1.165, 1.54) is 5.56 Å². The van der Waals surface area contributed by atoms with Gasteiger partial charge in [0.25, 0.3) is 0 Å². The molecule has 0 atom stereocenters. The molecule has 0 bridgehead atoms. The molecule has 0 aliphatic carbocycles. The standard InChI is InChI=1S/C11H12N4O/c1-15-3-2-8-4-12-11(14-10(8)6-15)9-5-13-16-7-9/h4-5,7H,2-3,6H2,1H3. The molecule has 0 amide bonds. The van der Waals surface area contributed by atoms with Crippen LogP contribution in [0, 0.1) is 0 Å². The summed E-state index contributed by atoms with van der Waals surface area (Å²) < 4.78 is 4.79. The summed E-state index contributed by atoms with van der Waals surface area (Å²) in [6, 6.07) is 0. The van der Waals surface area contributed by atoms with Gasteiger partial charge in [0.05, 0.1) is 17.5 Å². The lowest BCUT2D eigenvalue weighted by atomic mass is 10.1. The predicted molar refractivity (Wildman–Crippen MR) is 57.6 cm³/mol. The van der Waals surface area contributed by atoms with E-state index in [2.05, 4.69) is 27.1 Å². The number of rotatable bonds is 1. The summed E-state index contributed by atoms with van der Waals surface area (Å²) in [6.07, 6.45) is 6.13. The SMILES string of the molecule is CN1CCc2cnc(-c3cnoc3)nc2C1. The van der Waals surface area contributed by atoms with Crippen LogP contribution in [0.5, 0.6) is 0 Å². The van der Waals surface area contributed by atoms with E-state index in [1.54, 1.807) is 12.5 Å². The number of aromatic nitrogens is 3. The second kappa shape index (κ2) is 3.68. The molecule has 5 nitrogen and oxygen atoms in total. The van der Waals surface area contributed by atoms with Crippen molar-refractivity contribution in [2.45, 2.75) is 13.0 Å². The van der Waals surface area contributed by atoms with Gasteiger partial charge in [-0.2, -0.15) is 0 Å². The van der Waals surface area contributed by atoms with E-state index in [0.29, 0.717) is 5.82 Å². The highest BCUT2D eigenvalue weighted by Crippen LogP contribution is 2.19. The summed E-state index contributed by atoms with van der Waals surface area (Å²) in [6.45, 7) is 1.96. The number of likely N-dealkylation sites (N-methyl/N-ethyl adjacent to an activating group) is 1. The predicted octanol–water partition coefficient (Wildman–Crippen LogP) is 1.12. The van der Waals surface area contributed by atoms with Crippen LogP contribution >= 0.6 is 0 Å². The van der Waals surface area contributed by atoms with Crippen molar-refractivity contribution >= 4 is 0 Å². The summed E-state index contributed by atoms with van der Waals surface area (Å²) in [5.41, 5.74) is 3.19. The van der Waals surface area contributed by atoms with Crippen molar-refractivity contribution in [1.82, 2.24) is 20.0 Å². The summed E-state index contributed by atoms with van der Waals surface area (Å²) in [5.74, 6) is 0.690. The zero-order valence-corrected chi connectivity index (χ0v) is 9.05. The van der Waals surface area contributed by atoms with E-state index in [-0.39, 0.29) is 0 Å². The Hall–Kier alpha value is -1.75. The lowest BCUT2D eigenvalue weighted by molar-refractivity contribution is 0.307. The Morgan fingerprint density at radius 3 is 3.12 bits per heavy atom. The van der Waals surface area contributed by atoms with Gasteiger partial charge < -0.3 is 9.42 Å². The van der Waals surface area contributed by atoms with Crippen molar-refractivity contribution in [2.24, 2.45) is 0 Å². The van der Waals surface area contributed by atoms with Crippen LogP contribution in [-0.4, -0.2) is 33.6 Å². The fraction of sp³-hybridized carbons (Fsp3) is 0.364. The van der Waals surface area contributed by atoms with Gasteiger partial charge in [-0.05, 0) is 19.0 Å². The molecule has 0 saturated heterocycles. The van der Waals surface area contributed by atoms with Gasteiger partial charge in [-0.15, -0.1) is 0 Å². The van der Waals surface area contributed by atoms with Crippen LogP contribution in [0.3, 0.4) is 0 Å². The van der Waals surface area contributed by atoms with Crippen LogP contribution in [-0.2, 0) is 13.0 Å². The summed E-state index contributed by atoms with van der Waals surface area (Å²) in [4.78, 5) is 11.1. The van der Waals surface area contributed by atoms with Crippen molar-refractivity contribution < 1.29 is 4.52 Å². The smallest absolute Gasteiger partial charge is 0.164 e. The first-order valence-corrected chi connectivity index (χ1v) is 5.26. The van der Waals surface area contributed by atoms with Crippen LogP contribution < -0.4 is 0 Å². The molecule has 3 rings (SSSR count). The lowest BCUT2D eigenvalue weighted by Gasteiger charge is -2.23. The largest absolute Gasteiger partial charge is 0.364 e. The molecule has 2 aromatic heterocycles. The van der Waals surface area contributed by atoms with Gasteiger partial charge in [-0.25, -0.2) is 9.97 Å². The molecule has 3 heterocycles. The molecule has 0 spiro atoms. The normalized spacial score (nSPS) is 16.1. The first-order chi connectivity index (χ1) is 7.83. The highest BCUT2D eigenvalue weighted by atomic mass is 16.5. The Bertz CT molecular complexity index is 495. The first-order valence-electron chi connectivity index (χ1n) is 5.26. The Morgan fingerprint density at radius 2 is 2.31 bits per heavy atom. The third-order valence-corrected chi connectivity index (χ3v) is 2.83. The first kappa shape index (κ1) is 9.47. The van der Waals surface area contributed by atoms with Crippen molar-refractivity contribution in [3.63, 3.8) is 0 Å². The second-order valence-corrected chi connectivity index (χ2v) is 4.07. The van der Waals surface area contributed by atoms with Crippen LogP contribution in [0.1, 0.15) is 11.3 Å². The number of hydrogen-bond donors (Lipinski definition) is 0. The average molecular weight is 216 g/mol. The zero-order valence-electron chi connectivity index (χ0n) is 9.05. The van der Waals surface area contributed by atoms with E-state index in [1.807, 2.05) is 6.20 Å². The van der Waals surface area contributed by atoms with Gasteiger partial charge in [0, 0.05) is 19.3 Å². The third kappa shape index (κ3) is 1.59. The van der Waals surface area contributed by atoms with Gasteiger partial charge in [0.2, 0.25) is 0 Å². The summed E-state index contributed by atoms with van der Waals surface area (Å²) in [7, 11) is 2.10. The van der Waals surface area contributed by atoms with E-state index in [0.717, 1.165) is 30.8 Å². The van der Waals surface area contributed by atoms with Crippen molar-refractivity contribution in [2.75, 3.05) is 13.6 Å². The molecule has 0 saturated carbocycles. The quantitative estimate of drug-likeness (QED) is 0.715. The molecule has 0 aromatic carbocycles. The number of nitrogens with zero attached hydrogens (tertiary/aromatic N) is 4. The molecule has 5 heteroatoms. The minimum Gasteiger partial charge on any atom is -0.364 e. The van der Waals surface area contributed by atoms with Gasteiger partial charge in [-0.1, -0.05) is 5.16 Å². The van der Waals surface area contributed by atoms with E-state index < -0.39 is 0 Å². The fourth-order valence-corrected chi connectivity index (χ4v) is 1.89. The molecule has 0 unspecified atom stereocenters. The van der Waals surface area contributed by atoms with Crippen LogP contribution in [0.2, 0.25) is 0 Å². The van der Waals surface area contributed by atoms with Crippen molar-refractivity contribution in [1.29, 1.82) is 0 Å². The zero-order chi connectivity index (χ0) is 11.0. The van der Waals surface area contributed by atoms with Crippen LogP contribution in [0.15, 0.2) is 23.2 Å². The Morgan fingerprint density at radius 1 is 1.38 bits per heavy atom. The molecule has 1 aliphatic heterocycles. The monoisotopic (exact) mass is 216 g/mol. The van der Waals surface area contributed by atoms with E-state index in [4.69, 9.17) is 4.52 Å². The maximum absolute atomic E-state index is 4.79. The van der Waals surface area contributed by atoms with Gasteiger partial charge in [0.1, 0.15) is 6.26 Å². The molecular weight excluding hydrogens is 204 g/mol. The van der Waals surface area contributed by atoms with E-state index in [9.17, 15) is 0 Å².